The van der Waals surface area contributed by atoms with Crippen LogP contribution in [0.5, 0.6) is 0 Å². The van der Waals surface area contributed by atoms with Crippen molar-refractivity contribution in [1.29, 1.82) is 0 Å². The van der Waals surface area contributed by atoms with Crippen molar-refractivity contribution in [2.45, 2.75) is 31.5 Å². The summed E-state index contributed by atoms with van der Waals surface area (Å²) in [5.74, 6) is -0.315. The molecule has 0 saturated carbocycles. The highest BCUT2D eigenvalue weighted by Crippen LogP contribution is 2.32. The van der Waals surface area contributed by atoms with E-state index in [1.165, 1.54) is 18.2 Å². The molecule has 29 heavy (non-hydrogen) atoms. The normalized spacial score (nSPS) is 15.6. The molecule has 0 spiro atoms. The number of amides is 1. The zero-order valence-electron chi connectivity index (χ0n) is 16.4. The smallest absolute Gasteiger partial charge is 0.337 e. The topological polar surface area (TPSA) is 23.6 Å². The fraction of sp³-hybridized carbons (Fsp3) is 0.409. The van der Waals surface area contributed by atoms with Crippen molar-refractivity contribution in [2.24, 2.45) is 0 Å². The third kappa shape index (κ3) is 5.97. The molecule has 3 rings (SSSR count). The van der Waals surface area contributed by atoms with E-state index in [4.69, 9.17) is 0 Å². The van der Waals surface area contributed by atoms with Gasteiger partial charge in [-0.1, -0.05) is 48.5 Å². The molecule has 2 aromatic carbocycles. The van der Waals surface area contributed by atoms with E-state index in [2.05, 4.69) is 4.90 Å². The van der Waals surface area contributed by atoms with Gasteiger partial charge in [0.05, 0.1) is 18.0 Å². The molecule has 1 aliphatic rings. The van der Waals surface area contributed by atoms with Crippen LogP contribution >= 0.6 is 12.4 Å². The summed E-state index contributed by atoms with van der Waals surface area (Å²) in [7, 11) is 1.69. The number of benzene rings is 2. The number of likely N-dealkylation sites (tertiary alicyclic amines) is 1. The Morgan fingerprint density at radius 3 is 2.24 bits per heavy atom. The van der Waals surface area contributed by atoms with Gasteiger partial charge in [0.15, 0.2) is 0 Å². The number of rotatable bonds is 6. The lowest BCUT2D eigenvalue weighted by molar-refractivity contribution is -0.138. The standard InChI is InChI=1S/C22H25F3N2O.ClH/c1-26(21(28)15-18-11-5-6-12-19(18)22(23,24)25)20(16-27-13-7-8-14-27)17-9-3-2-4-10-17;/h2-6,9-12,20H,7-8,13-16H2,1H3;1H/t20-;/m1./s1. The third-order valence-corrected chi connectivity index (χ3v) is 5.34. The van der Waals surface area contributed by atoms with Crippen LogP contribution in [0, 0.1) is 0 Å². The molecule has 0 bridgehead atoms. The summed E-state index contributed by atoms with van der Waals surface area (Å²) in [6, 6.07) is 14.8. The number of carbonyl (C=O) groups is 1. The Kier molecular flexibility index (Phi) is 8.11. The van der Waals surface area contributed by atoms with Gasteiger partial charge in [-0.2, -0.15) is 13.2 Å². The van der Waals surface area contributed by atoms with Gasteiger partial charge in [-0.25, -0.2) is 0 Å². The van der Waals surface area contributed by atoms with Gasteiger partial charge >= 0.3 is 6.18 Å². The molecule has 1 fully saturated rings. The fourth-order valence-electron chi connectivity index (χ4n) is 3.75. The van der Waals surface area contributed by atoms with E-state index in [0.29, 0.717) is 6.54 Å². The van der Waals surface area contributed by atoms with Crippen LogP contribution in [0.15, 0.2) is 54.6 Å². The number of likely N-dealkylation sites (N-methyl/N-ethyl adjacent to an activating group) is 1. The number of nitrogens with zero attached hydrogens (tertiary/aromatic N) is 2. The average molecular weight is 427 g/mol. The van der Waals surface area contributed by atoms with Gasteiger partial charge in [-0.05, 0) is 43.1 Å². The minimum Gasteiger partial charge on any atom is -0.337 e. The summed E-state index contributed by atoms with van der Waals surface area (Å²) >= 11 is 0. The lowest BCUT2D eigenvalue weighted by Gasteiger charge is -2.32. The summed E-state index contributed by atoms with van der Waals surface area (Å²) in [6.07, 6.45) is -2.46. The van der Waals surface area contributed by atoms with Gasteiger partial charge < -0.3 is 9.80 Å². The zero-order valence-corrected chi connectivity index (χ0v) is 17.2. The van der Waals surface area contributed by atoms with Crippen LogP contribution in [-0.4, -0.2) is 42.4 Å². The maximum Gasteiger partial charge on any atom is 0.416 e. The van der Waals surface area contributed by atoms with Crippen molar-refractivity contribution in [3.8, 4) is 0 Å². The Hall–Kier alpha value is -2.05. The first kappa shape index (κ1) is 23.2. The first-order valence-electron chi connectivity index (χ1n) is 9.54. The number of hydrogen-bond acceptors (Lipinski definition) is 2. The molecule has 3 nitrogen and oxygen atoms in total. The molecular weight excluding hydrogens is 401 g/mol. The molecule has 0 unspecified atom stereocenters. The molecule has 0 N–H and O–H groups in total. The summed E-state index contributed by atoms with van der Waals surface area (Å²) < 4.78 is 39.8. The quantitative estimate of drug-likeness (QED) is 0.651. The SMILES string of the molecule is CN(C(=O)Cc1ccccc1C(F)(F)F)[C@H](CN1CCCC1)c1ccccc1.Cl. The summed E-state index contributed by atoms with van der Waals surface area (Å²) in [6.45, 7) is 2.66. The second kappa shape index (κ2) is 10.1. The van der Waals surface area contributed by atoms with E-state index < -0.39 is 11.7 Å². The molecular formula is C22H26ClF3N2O. The van der Waals surface area contributed by atoms with E-state index in [1.807, 2.05) is 30.3 Å². The van der Waals surface area contributed by atoms with E-state index in [-0.39, 0.29) is 36.3 Å². The van der Waals surface area contributed by atoms with Gasteiger partial charge in [-0.3, -0.25) is 4.79 Å². The first-order chi connectivity index (χ1) is 13.4. The molecule has 158 valence electrons. The molecule has 0 aromatic heterocycles. The largest absolute Gasteiger partial charge is 0.416 e. The second-order valence-electron chi connectivity index (χ2n) is 7.27. The Morgan fingerprint density at radius 1 is 1.03 bits per heavy atom. The molecule has 0 aliphatic carbocycles. The van der Waals surface area contributed by atoms with Crippen molar-refractivity contribution >= 4 is 18.3 Å². The Bertz CT molecular complexity index is 792. The van der Waals surface area contributed by atoms with Crippen LogP contribution in [-0.2, 0) is 17.4 Å². The molecule has 1 heterocycles. The van der Waals surface area contributed by atoms with Gasteiger partial charge in [0.2, 0.25) is 5.91 Å². The lowest BCUT2D eigenvalue weighted by atomic mass is 10.0. The van der Waals surface area contributed by atoms with Crippen molar-refractivity contribution in [1.82, 2.24) is 9.80 Å². The maximum absolute atomic E-state index is 13.3. The van der Waals surface area contributed by atoms with Crippen molar-refractivity contribution < 1.29 is 18.0 Å². The predicted molar refractivity (Wildman–Crippen MR) is 110 cm³/mol. The lowest BCUT2D eigenvalue weighted by Crippen LogP contribution is -2.39. The van der Waals surface area contributed by atoms with Crippen LogP contribution in [0.1, 0.15) is 35.6 Å². The Morgan fingerprint density at radius 2 is 1.62 bits per heavy atom. The minimum absolute atomic E-state index is 0. The van der Waals surface area contributed by atoms with E-state index in [1.54, 1.807) is 11.9 Å². The number of halogens is 4. The molecule has 1 atom stereocenters. The van der Waals surface area contributed by atoms with E-state index >= 15 is 0 Å². The Labute approximate surface area is 175 Å². The maximum atomic E-state index is 13.3. The van der Waals surface area contributed by atoms with Crippen molar-refractivity contribution in [2.75, 3.05) is 26.7 Å². The minimum atomic E-state index is -4.47. The van der Waals surface area contributed by atoms with Crippen LogP contribution in [0.3, 0.4) is 0 Å². The van der Waals surface area contributed by atoms with Crippen LogP contribution < -0.4 is 0 Å². The molecule has 2 aromatic rings. The van der Waals surface area contributed by atoms with Gasteiger partial charge in [-0.15, -0.1) is 12.4 Å². The second-order valence-corrected chi connectivity index (χ2v) is 7.27. The highest BCUT2D eigenvalue weighted by Gasteiger charge is 2.34. The molecule has 7 heteroatoms. The van der Waals surface area contributed by atoms with Crippen LogP contribution in [0.25, 0.3) is 0 Å². The van der Waals surface area contributed by atoms with Crippen molar-refractivity contribution in [3.63, 3.8) is 0 Å². The molecule has 1 amide bonds. The van der Waals surface area contributed by atoms with Crippen LogP contribution in [0.2, 0.25) is 0 Å². The molecule has 0 radical (unpaired) electrons. The summed E-state index contributed by atoms with van der Waals surface area (Å²) in [5.41, 5.74) is 0.266. The third-order valence-electron chi connectivity index (χ3n) is 5.34. The first-order valence-corrected chi connectivity index (χ1v) is 9.54. The Balaban J connectivity index is 0.00000300. The monoisotopic (exact) mass is 426 g/mol. The molecule has 1 saturated heterocycles. The van der Waals surface area contributed by atoms with E-state index in [0.717, 1.165) is 37.6 Å². The van der Waals surface area contributed by atoms with Crippen molar-refractivity contribution in [3.05, 3.63) is 71.3 Å². The van der Waals surface area contributed by atoms with Crippen LogP contribution in [0.4, 0.5) is 13.2 Å². The number of carbonyl (C=O) groups excluding carboxylic acids is 1. The fourth-order valence-corrected chi connectivity index (χ4v) is 3.75. The highest BCUT2D eigenvalue weighted by atomic mass is 35.5. The number of alkyl halides is 3. The summed E-state index contributed by atoms with van der Waals surface area (Å²) in [4.78, 5) is 16.8. The average Bonchev–Trinajstić information content (AvgIpc) is 3.19. The highest BCUT2D eigenvalue weighted by molar-refractivity contribution is 5.85. The predicted octanol–water partition coefficient (Wildman–Crippen LogP) is 4.97. The number of hydrogen-bond donors (Lipinski definition) is 0. The zero-order chi connectivity index (χ0) is 20.1. The summed E-state index contributed by atoms with van der Waals surface area (Å²) in [5, 5.41) is 0. The van der Waals surface area contributed by atoms with Gasteiger partial charge in [0, 0.05) is 13.6 Å². The van der Waals surface area contributed by atoms with Gasteiger partial charge in [0.1, 0.15) is 0 Å². The molecule has 1 aliphatic heterocycles. The van der Waals surface area contributed by atoms with Gasteiger partial charge in [0.25, 0.3) is 0 Å². The van der Waals surface area contributed by atoms with E-state index in [9.17, 15) is 18.0 Å².